The van der Waals surface area contributed by atoms with Crippen LogP contribution in [0.4, 0.5) is 0 Å². The third kappa shape index (κ3) is 4.92. The quantitative estimate of drug-likeness (QED) is 0.902. The van der Waals surface area contributed by atoms with Crippen LogP contribution in [0.25, 0.3) is 0 Å². The third-order valence-electron chi connectivity index (χ3n) is 3.02. The lowest BCUT2D eigenvalue weighted by Gasteiger charge is -2.23. The summed E-state index contributed by atoms with van der Waals surface area (Å²) in [4.78, 5) is 0. The molecule has 2 N–H and O–H groups in total. The lowest BCUT2D eigenvalue weighted by molar-refractivity contribution is 0.191. The van der Waals surface area contributed by atoms with Crippen LogP contribution in [0.5, 0.6) is 5.75 Å². The number of rotatable bonds is 4. The van der Waals surface area contributed by atoms with Gasteiger partial charge < -0.3 is 10.5 Å². The topological polar surface area (TPSA) is 59.0 Å². The summed E-state index contributed by atoms with van der Waals surface area (Å²) in [6.45, 7) is 10.2. The van der Waals surface area contributed by atoms with Gasteiger partial charge in [0, 0.05) is 6.42 Å². The SMILES string of the molecule is CC(CC(C)(N)C#N)Oc1ccc(C(C)(C)C)cc1. The number of nitriles is 1. The van der Waals surface area contributed by atoms with E-state index in [1.54, 1.807) is 6.92 Å². The van der Waals surface area contributed by atoms with Crippen molar-refractivity contribution >= 4 is 0 Å². The molecule has 2 unspecified atom stereocenters. The molecule has 0 aliphatic heterocycles. The van der Waals surface area contributed by atoms with Gasteiger partial charge in [-0.2, -0.15) is 5.26 Å². The molecule has 1 aromatic rings. The van der Waals surface area contributed by atoms with Gasteiger partial charge in [-0.25, -0.2) is 0 Å². The molecule has 0 heterocycles. The lowest BCUT2D eigenvalue weighted by Crippen LogP contribution is -2.38. The van der Waals surface area contributed by atoms with Gasteiger partial charge >= 0.3 is 0 Å². The number of ether oxygens (including phenoxy) is 1. The van der Waals surface area contributed by atoms with Crippen LogP contribution >= 0.6 is 0 Å². The fourth-order valence-electron chi connectivity index (χ4n) is 1.95. The first-order valence-electron chi connectivity index (χ1n) is 6.61. The zero-order chi connectivity index (χ0) is 14.7. The van der Waals surface area contributed by atoms with Crippen LogP contribution in [0.3, 0.4) is 0 Å². The van der Waals surface area contributed by atoms with Crippen molar-refractivity contribution in [2.45, 2.75) is 58.1 Å². The predicted octanol–water partition coefficient (Wildman–Crippen LogP) is 3.38. The van der Waals surface area contributed by atoms with E-state index in [9.17, 15) is 0 Å². The molecule has 3 heteroatoms. The Kier molecular flexibility index (Phi) is 4.60. The Morgan fingerprint density at radius 1 is 1.21 bits per heavy atom. The molecule has 104 valence electrons. The second-order valence-corrected chi connectivity index (χ2v) is 6.44. The minimum absolute atomic E-state index is 0.0878. The number of hydrogen-bond donors (Lipinski definition) is 1. The van der Waals surface area contributed by atoms with E-state index < -0.39 is 5.54 Å². The first-order valence-corrected chi connectivity index (χ1v) is 6.61. The van der Waals surface area contributed by atoms with Gasteiger partial charge in [0.05, 0.1) is 12.2 Å². The van der Waals surface area contributed by atoms with Crippen molar-refractivity contribution in [3.05, 3.63) is 29.8 Å². The Morgan fingerprint density at radius 3 is 2.16 bits per heavy atom. The van der Waals surface area contributed by atoms with Crippen LogP contribution in [0.1, 0.15) is 46.6 Å². The fraction of sp³-hybridized carbons (Fsp3) is 0.562. The average molecular weight is 260 g/mol. The van der Waals surface area contributed by atoms with Crippen LogP contribution in [-0.4, -0.2) is 11.6 Å². The molecule has 0 aliphatic carbocycles. The lowest BCUT2D eigenvalue weighted by atomic mass is 9.87. The molecule has 3 nitrogen and oxygen atoms in total. The predicted molar refractivity (Wildman–Crippen MR) is 78.1 cm³/mol. The molecule has 0 aliphatic rings. The highest BCUT2D eigenvalue weighted by Crippen LogP contribution is 2.25. The molecule has 19 heavy (non-hydrogen) atoms. The maximum atomic E-state index is 8.90. The van der Waals surface area contributed by atoms with Crippen molar-refractivity contribution in [3.8, 4) is 11.8 Å². The highest BCUT2D eigenvalue weighted by atomic mass is 16.5. The van der Waals surface area contributed by atoms with Gasteiger partial charge in [0.25, 0.3) is 0 Å². The Labute approximate surface area is 116 Å². The van der Waals surface area contributed by atoms with E-state index in [2.05, 4.69) is 39.0 Å². The van der Waals surface area contributed by atoms with Gasteiger partial charge in [0.2, 0.25) is 0 Å². The molecule has 0 amide bonds. The van der Waals surface area contributed by atoms with Crippen LogP contribution in [0.15, 0.2) is 24.3 Å². The highest BCUT2D eigenvalue weighted by molar-refractivity contribution is 5.31. The Morgan fingerprint density at radius 2 is 1.74 bits per heavy atom. The Balaban J connectivity index is 2.67. The van der Waals surface area contributed by atoms with E-state index in [4.69, 9.17) is 15.7 Å². The van der Waals surface area contributed by atoms with E-state index in [0.29, 0.717) is 6.42 Å². The van der Waals surface area contributed by atoms with Crippen LogP contribution in [0, 0.1) is 11.3 Å². The third-order valence-corrected chi connectivity index (χ3v) is 3.02. The maximum Gasteiger partial charge on any atom is 0.119 e. The zero-order valence-corrected chi connectivity index (χ0v) is 12.5. The summed E-state index contributed by atoms with van der Waals surface area (Å²) in [7, 11) is 0. The molecule has 2 atom stereocenters. The van der Waals surface area contributed by atoms with E-state index in [-0.39, 0.29) is 11.5 Å². The molecule has 0 radical (unpaired) electrons. The van der Waals surface area contributed by atoms with Crippen LogP contribution in [0.2, 0.25) is 0 Å². The summed E-state index contributed by atoms with van der Waals surface area (Å²) in [6, 6.07) is 10.2. The second kappa shape index (κ2) is 5.63. The first-order chi connectivity index (χ1) is 8.64. The average Bonchev–Trinajstić information content (AvgIpc) is 2.27. The second-order valence-electron chi connectivity index (χ2n) is 6.44. The van der Waals surface area contributed by atoms with Crippen LogP contribution in [-0.2, 0) is 5.41 Å². The molecule has 0 saturated carbocycles. The summed E-state index contributed by atoms with van der Waals surface area (Å²) in [5, 5.41) is 8.90. The molecule has 0 aromatic heterocycles. The summed E-state index contributed by atoms with van der Waals surface area (Å²) < 4.78 is 5.79. The van der Waals surface area contributed by atoms with Crippen LogP contribution < -0.4 is 10.5 Å². The van der Waals surface area contributed by atoms with Gasteiger partial charge in [0.15, 0.2) is 0 Å². The number of nitrogens with zero attached hydrogens (tertiary/aromatic N) is 1. The Bertz CT molecular complexity index is 449. The van der Waals surface area contributed by atoms with E-state index >= 15 is 0 Å². The van der Waals surface area contributed by atoms with Gasteiger partial charge in [-0.1, -0.05) is 32.9 Å². The van der Waals surface area contributed by atoms with Crippen molar-refractivity contribution in [2.24, 2.45) is 5.73 Å². The minimum Gasteiger partial charge on any atom is -0.491 e. The minimum atomic E-state index is -0.842. The molecule has 0 saturated heterocycles. The number of benzene rings is 1. The number of hydrogen-bond acceptors (Lipinski definition) is 3. The normalized spacial score (nSPS) is 16.3. The van der Waals surface area contributed by atoms with Crippen molar-refractivity contribution in [3.63, 3.8) is 0 Å². The smallest absolute Gasteiger partial charge is 0.119 e. The molecular formula is C16H24N2O. The standard InChI is InChI=1S/C16H24N2O/c1-12(10-16(5,18)11-17)19-14-8-6-13(7-9-14)15(2,3)4/h6-9,12H,10,18H2,1-5H3. The van der Waals surface area contributed by atoms with Crippen molar-refractivity contribution in [2.75, 3.05) is 0 Å². The molecule has 0 fully saturated rings. The van der Waals surface area contributed by atoms with Gasteiger partial charge in [-0.3, -0.25) is 0 Å². The first kappa shape index (κ1) is 15.5. The summed E-state index contributed by atoms with van der Waals surface area (Å²) in [6.07, 6.45) is 0.417. The van der Waals surface area contributed by atoms with Gasteiger partial charge in [-0.15, -0.1) is 0 Å². The monoisotopic (exact) mass is 260 g/mol. The van der Waals surface area contributed by atoms with Crippen molar-refractivity contribution in [1.29, 1.82) is 5.26 Å². The largest absolute Gasteiger partial charge is 0.491 e. The van der Waals surface area contributed by atoms with E-state index in [1.165, 1.54) is 5.56 Å². The van der Waals surface area contributed by atoms with Gasteiger partial charge in [-0.05, 0) is 37.0 Å². The summed E-state index contributed by atoms with van der Waals surface area (Å²) >= 11 is 0. The maximum absolute atomic E-state index is 8.90. The highest BCUT2D eigenvalue weighted by Gasteiger charge is 2.22. The van der Waals surface area contributed by atoms with E-state index in [0.717, 1.165) is 5.75 Å². The zero-order valence-electron chi connectivity index (χ0n) is 12.5. The molecule has 1 rings (SSSR count). The summed E-state index contributed by atoms with van der Waals surface area (Å²) in [5.74, 6) is 0.814. The van der Waals surface area contributed by atoms with Crippen molar-refractivity contribution < 1.29 is 4.74 Å². The van der Waals surface area contributed by atoms with Crippen molar-refractivity contribution in [1.82, 2.24) is 0 Å². The molecule has 1 aromatic carbocycles. The Hall–Kier alpha value is -1.53. The number of nitrogens with two attached hydrogens (primary N) is 1. The fourth-order valence-corrected chi connectivity index (χ4v) is 1.95. The molecule has 0 spiro atoms. The summed E-state index contributed by atoms with van der Waals surface area (Å²) in [5.41, 5.74) is 6.38. The molecule has 0 bridgehead atoms. The molecular weight excluding hydrogens is 236 g/mol. The van der Waals surface area contributed by atoms with E-state index in [1.807, 2.05) is 19.1 Å². The van der Waals surface area contributed by atoms with Gasteiger partial charge in [0.1, 0.15) is 11.3 Å².